The van der Waals surface area contributed by atoms with E-state index in [9.17, 15) is 19.2 Å². The molecular weight excluding hydrogens is 362 g/mol. The summed E-state index contributed by atoms with van der Waals surface area (Å²) in [7, 11) is 0. The predicted octanol–water partition coefficient (Wildman–Crippen LogP) is 3.04. The van der Waals surface area contributed by atoms with E-state index < -0.39 is 5.97 Å². The molecule has 0 bridgehead atoms. The normalized spacial score (nSPS) is 18.0. The van der Waals surface area contributed by atoms with Gasteiger partial charge < -0.3 is 14.4 Å². The number of rotatable bonds is 11. The minimum atomic E-state index is -0.545. The minimum Gasteiger partial charge on any atom is -0.465 e. The molecule has 0 N–H and O–H groups in total. The van der Waals surface area contributed by atoms with Crippen molar-refractivity contribution in [3.8, 4) is 0 Å². The summed E-state index contributed by atoms with van der Waals surface area (Å²) in [6.07, 6.45) is 4.92. The van der Waals surface area contributed by atoms with E-state index in [2.05, 4.69) is 0 Å². The van der Waals surface area contributed by atoms with Crippen LogP contribution >= 0.6 is 0 Å². The standard InChI is InChI=1S/C21H35NO6/c1-5-19(28-17(4)24)13-18(14-27-21(26)12-16(3)23)11-15(2)22-10-8-6-7-9-20(22)25/h15,18-19H,5-14H2,1-4H3. The van der Waals surface area contributed by atoms with Crippen molar-refractivity contribution in [2.75, 3.05) is 13.2 Å². The van der Waals surface area contributed by atoms with E-state index in [1.807, 2.05) is 18.7 Å². The fraction of sp³-hybridized carbons (Fsp3) is 0.810. The second kappa shape index (κ2) is 12.5. The molecule has 1 rings (SSSR count). The van der Waals surface area contributed by atoms with Crippen molar-refractivity contribution in [2.24, 2.45) is 5.92 Å². The SMILES string of the molecule is CCC(CC(COC(=O)CC(C)=O)CC(C)N1CCCCCC1=O)OC(C)=O. The van der Waals surface area contributed by atoms with Gasteiger partial charge in [-0.1, -0.05) is 13.3 Å². The van der Waals surface area contributed by atoms with E-state index in [-0.39, 0.29) is 48.8 Å². The lowest BCUT2D eigenvalue weighted by molar-refractivity contribution is -0.151. The second-order valence-corrected chi connectivity index (χ2v) is 7.79. The first-order chi connectivity index (χ1) is 13.2. The maximum absolute atomic E-state index is 12.4. The van der Waals surface area contributed by atoms with Crippen molar-refractivity contribution >= 4 is 23.6 Å². The number of carbonyl (C=O) groups excluding carboxylic acids is 4. The number of likely N-dealkylation sites (tertiary alicyclic amines) is 1. The molecule has 0 aliphatic carbocycles. The lowest BCUT2D eigenvalue weighted by Gasteiger charge is -2.32. The van der Waals surface area contributed by atoms with E-state index in [1.165, 1.54) is 13.8 Å². The van der Waals surface area contributed by atoms with E-state index in [4.69, 9.17) is 9.47 Å². The second-order valence-electron chi connectivity index (χ2n) is 7.79. The molecule has 0 aromatic heterocycles. The third kappa shape index (κ3) is 9.33. The lowest BCUT2D eigenvalue weighted by Crippen LogP contribution is -2.40. The summed E-state index contributed by atoms with van der Waals surface area (Å²) < 4.78 is 10.7. The summed E-state index contributed by atoms with van der Waals surface area (Å²) in [6.45, 7) is 7.57. The van der Waals surface area contributed by atoms with Crippen molar-refractivity contribution in [3.63, 3.8) is 0 Å². The van der Waals surface area contributed by atoms with Gasteiger partial charge >= 0.3 is 11.9 Å². The van der Waals surface area contributed by atoms with E-state index in [1.54, 1.807) is 0 Å². The van der Waals surface area contributed by atoms with Crippen LogP contribution in [0.3, 0.4) is 0 Å². The predicted molar refractivity (Wildman–Crippen MR) is 104 cm³/mol. The Labute approximate surface area is 168 Å². The molecule has 1 heterocycles. The minimum absolute atomic E-state index is 0.0111. The quantitative estimate of drug-likeness (QED) is 0.393. The first-order valence-electron chi connectivity index (χ1n) is 10.3. The molecule has 7 nitrogen and oxygen atoms in total. The molecule has 0 spiro atoms. The highest BCUT2D eigenvalue weighted by atomic mass is 16.5. The highest BCUT2D eigenvalue weighted by Gasteiger charge is 2.27. The Morgan fingerprint density at radius 1 is 1.11 bits per heavy atom. The highest BCUT2D eigenvalue weighted by molar-refractivity contribution is 5.94. The largest absolute Gasteiger partial charge is 0.465 e. The summed E-state index contributed by atoms with van der Waals surface area (Å²) in [5, 5.41) is 0. The van der Waals surface area contributed by atoms with Crippen molar-refractivity contribution in [1.82, 2.24) is 4.90 Å². The molecule has 28 heavy (non-hydrogen) atoms. The molecule has 1 amide bonds. The highest BCUT2D eigenvalue weighted by Crippen LogP contribution is 2.23. The molecule has 1 aliphatic heterocycles. The molecular formula is C21H35NO6. The van der Waals surface area contributed by atoms with Gasteiger partial charge in [0.25, 0.3) is 0 Å². The molecule has 3 atom stereocenters. The fourth-order valence-electron chi connectivity index (χ4n) is 3.68. The van der Waals surface area contributed by atoms with Gasteiger partial charge in [-0.25, -0.2) is 0 Å². The Kier molecular flexibility index (Phi) is 10.8. The van der Waals surface area contributed by atoms with Gasteiger partial charge in [-0.2, -0.15) is 0 Å². The zero-order chi connectivity index (χ0) is 21.1. The summed E-state index contributed by atoms with van der Waals surface area (Å²) in [5.74, 6) is -1.02. The maximum atomic E-state index is 12.4. The third-order valence-corrected chi connectivity index (χ3v) is 5.07. The molecule has 7 heteroatoms. The van der Waals surface area contributed by atoms with Gasteiger partial charge in [-0.15, -0.1) is 0 Å². The van der Waals surface area contributed by atoms with E-state index in [0.29, 0.717) is 25.7 Å². The smallest absolute Gasteiger partial charge is 0.313 e. The zero-order valence-electron chi connectivity index (χ0n) is 17.7. The lowest BCUT2D eigenvalue weighted by atomic mass is 9.93. The van der Waals surface area contributed by atoms with Gasteiger partial charge in [0.05, 0.1) is 6.61 Å². The van der Waals surface area contributed by atoms with Crippen molar-refractivity contribution < 1.29 is 28.7 Å². The molecule has 0 saturated carbocycles. The number of carbonyl (C=O) groups is 4. The molecule has 0 radical (unpaired) electrons. The van der Waals surface area contributed by atoms with Crippen LogP contribution in [0.25, 0.3) is 0 Å². The number of nitrogens with zero attached hydrogens (tertiary/aromatic N) is 1. The van der Waals surface area contributed by atoms with Crippen molar-refractivity contribution in [1.29, 1.82) is 0 Å². The summed E-state index contributed by atoms with van der Waals surface area (Å²) in [4.78, 5) is 48.5. The topological polar surface area (TPSA) is 90.0 Å². The molecule has 0 aromatic carbocycles. The first kappa shape index (κ1) is 24.1. The van der Waals surface area contributed by atoms with Gasteiger partial charge in [0.15, 0.2) is 0 Å². The van der Waals surface area contributed by atoms with E-state index >= 15 is 0 Å². The molecule has 1 fully saturated rings. The van der Waals surface area contributed by atoms with Crippen LogP contribution in [0.15, 0.2) is 0 Å². The van der Waals surface area contributed by atoms with Gasteiger partial charge in [0.1, 0.15) is 18.3 Å². The van der Waals surface area contributed by atoms with Crippen LogP contribution in [0.5, 0.6) is 0 Å². The van der Waals surface area contributed by atoms with Crippen LogP contribution in [-0.2, 0) is 28.7 Å². The number of amides is 1. The van der Waals surface area contributed by atoms with Crippen LogP contribution in [-0.4, -0.2) is 53.8 Å². The van der Waals surface area contributed by atoms with Crippen LogP contribution in [0.1, 0.15) is 79.1 Å². The number of hydrogen-bond donors (Lipinski definition) is 0. The van der Waals surface area contributed by atoms with Gasteiger partial charge in [-0.3, -0.25) is 19.2 Å². The van der Waals surface area contributed by atoms with Crippen LogP contribution in [0.2, 0.25) is 0 Å². The summed E-state index contributed by atoms with van der Waals surface area (Å²) in [5.41, 5.74) is 0. The average molecular weight is 398 g/mol. The fourth-order valence-corrected chi connectivity index (χ4v) is 3.68. The number of hydrogen-bond acceptors (Lipinski definition) is 6. The Morgan fingerprint density at radius 3 is 2.43 bits per heavy atom. The van der Waals surface area contributed by atoms with Gasteiger partial charge in [0.2, 0.25) is 5.91 Å². The molecule has 1 aliphatic rings. The van der Waals surface area contributed by atoms with Crippen LogP contribution in [0.4, 0.5) is 0 Å². The van der Waals surface area contributed by atoms with Crippen molar-refractivity contribution in [3.05, 3.63) is 0 Å². The summed E-state index contributed by atoms with van der Waals surface area (Å²) >= 11 is 0. The van der Waals surface area contributed by atoms with E-state index in [0.717, 1.165) is 25.8 Å². The monoisotopic (exact) mass is 397 g/mol. The number of ether oxygens (including phenoxy) is 2. The zero-order valence-corrected chi connectivity index (χ0v) is 17.7. The Morgan fingerprint density at radius 2 is 1.82 bits per heavy atom. The number of esters is 2. The van der Waals surface area contributed by atoms with Crippen LogP contribution < -0.4 is 0 Å². The summed E-state index contributed by atoms with van der Waals surface area (Å²) in [6, 6.07) is 0.0111. The molecule has 3 unspecified atom stereocenters. The maximum Gasteiger partial charge on any atom is 0.313 e. The molecule has 1 saturated heterocycles. The van der Waals surface area contributed by atoms with Gasteiger partial charge in [-0.05, 0) is 51.9 Å². The number of Topliss-reactive ketones (excluding diaryl/α,β-unsaturated/α-hetero) is 1. The van der Waals surface area contributed by atoms with Crippen molar-refractivity contribution in [2.45, 2.75) is 91.2 Å². The number of ketones is 1. The Hall–Kier alpha value is -1.92. The van der Waals surface area contributed by atoms with Crippen LogP contribution in [0, 0.1) is 5.92 Å². The Balaban J connectivity index is 2.76. The average Bonchev–Trinajstić information content (AvgIpc) is 2.82. The van der Waals surface area contributed by atoms with Gasteiger partial charge in [0, 0.05) is 25.9 Å². The molecule has 0 aromatic rings. The third-order valence-electron chi connectivity index (χ3n) is 5.07. The Bertz CT molecular complexity index is 547. The first-order valence-corrected chi connectivity index (χ1v) is 10.3. The molecule has 160 valence electrons.